The highest BCUT2D eigenvalue weighted by atomic mass is 16.6. The number of Topliss-reactive ketones (excluding diaryl/α,β-unsaturated/α-hetero) is 1. The van der Waals surface area contributed by atoms with Crippen LogP contribution in [0, 0.1) is 17.3 Å². The molecule has 198 valence electrons. The molecule has 1 N–H and O–H groups in total. The maximum absolute atomic E-state index is 13.8. The van der Waals surface area contributed by atoms with Crippen molar-refractivity contribution in [2.45, 2.75) is 77.2 Å². The van der Waals surface area contributed by atoms with Crippen LogP contribution < -0.4 is 5.32 Å². The lowest BCUT2D eigenvalue weighted by Crippen LogP contribution is -2.57. The summed E-state index contributed by atoms with van der Waals surface area (Å²) in [6.07, 6.45) is 9.10. The molecule has 0 radical (unpaired) electrons. The number of fused-ring (bicyclic) bond motifs is 4. The van der Waals surface area contributed by atoms with Gasteiger partial charge in [0.15, 0.2) is 11.4 Å². The lowest BCUT2D eigenvalue weighted by molar-refractivity contribution is -0.185. The van der Waals surface area contributed by atoms with Gasteiger partial charge in [-0.3, -0.25) is 14.4 Å². The van der Waals surface area contributed by atoms with Gasteiger partial charge in [-0.2, -0.15) is 0 Å². The molecule has 1 aromatic rings. The third kappa shape index (κ3) is 4.58. The Morgan fingerprint density at radius 1 is 1.05 bits per heavy atom. The monoisotopic (exact) mass is 505 g/mol. The van der Waals surface area contributed by atoms with Crippen molar-refractivity contribution < 1.29 is 23.9 Å². The summed E-state index contributed by atoms with van der Waals surface area (Å²) in [5.41, 5.74) is 4.80. The minimum absolute atomic E-state index is 0.0438. The van der Waals surface area contributed by atoms with E-state index in [4.69, 9.17) is 9.47 Å². The summed E-state index contributed by atoms with van der Waals surface area (Å²) < 4.78 is 11.9. The summed E-state index contributed by atoms with van der Waals surface area (Å²) in [4.78, 5) is 38.1. The molecule has 0 amide bonds. The average molecular weight is 506 g/mol. The van der Waals surface area contributed by atoms with Gasteiger partial charge in [0.05, 0.1) is 6.61 Å². The molecular weight excluding hydrogens is 466 g/mol. The van der Waals surface area contributed by atoms with E-state index in [1.165, 1.54) is 23.6 Å². The van der Waals surface area contributed by atoms with Gasteiger partial charge >= 0.3 is 5.97 Å². The Bertz CT molecular complexity index is 1150. The summed E-state index contributed by atoms with van der Waals surface area (Å²) in [5.74, 6) is 0.425. The standard InChI is InChI=1S/C31H39NO5/c1-20(33)37-31(29(35)19-36-17-14-21-4-7-23(32-3)8-5-21)16-13-28-27-10-6-22-18-24(34)9-11-25(22)26(27)12-15-30(28,31)2/h4-5,7-8,18,27-28,32H,6,9-17,19H2,1-3H3/t27-,28+,30+,31+/m1/s1. The molecule has 4 aliphatic carbocycles. The van der Waals surface area contributed by atoms with Crippen LogP contribution in [0.3, 0.4) is 0 Å². The molecule has 6 nitrogen and oxygen atoms in total. The van der Waals surface area contributed by atoms with Gasteiger partial charge < -0.3 is 14.8 Å². The van der Waals surface area contributed by atoms with Crippen molar-refractivity contribution in [3.63, 3.8) is 0 Å². The summed E-state index contributed by atoms with van der Waals surface area (Å²) in [6, 6.07) is 8.16. The topological polar surface area (TPSA) is 81.7 Å². The molecule has 1 aromatic carbocycles. The number of esters is 1. The molecule has 0 aliphatic heterocycles. The minimum Gasteiger partial charge on any atom is -0.451 e. The fourth-order valence-electron chi connectivity index (χ4n) is 7.77. The molecular formula is C31H39NO5. The zero-order valence-corrected chi connectivity index (χ0v) is 22.4. The molecule has 2 fully saturated rings. The number of allylic oxidation sites excluding steroid dienone is 4. The highest BCUT2D eigenvalue weighted by Crippen LogP contribution is 2.64. The molecule has 5 rings (SSSR count). The number of anilines is 1. The van der Waals surface area contributed by atoms with Crippen molar-refractivity contribution in [1.82, 2.24) is 0 Å². The van der Waals surface area contributed by atoms with Gasteiger partial charge in [0, 0.05) is 31.5 Å². The smallest absolute Gasteiger partial charge is 0.303 e. The Labute approximate surface area is 219 Å². The van der Waals surface area contributed by atoms with Gasteiger partial charge in [0.25, 0.3) is 0 Å². The number of nitrogens with one attached hydrogen (secondary N) is 1. The second-order valence-electron chi connectivity index (χ2n) is 11.4. The van der Waals surface area contributed by atoms with E-state index in [0.29, 0.717) is 25.4 Å². The van der Waals surface area contributed by atoms with E-state index in [1.54, 1.807) is 0 Å². The van der Waals surface area contributed by atoms with E-state index in [-0.39, 0.29) is 24.1 Å². The van der Waals surface area contributed by atoms with Crippen molar-refractivity contribution in [3.05, 3.63) is 52.6 Å². The second kappa shape index (κ2) is 10.2. The number of hydrogen-bond donors (Lipinski definition) is 1. The van der Waals surface area contributed by atoms with E-state index in [1.807, 2.05) is 25.3 Å². The minimum atomic E-state index is -1.13. The van der Waals surface area contributed by atoms with Crippen LogP contribution in [0.1, 0.15) is 70.8 Å². The first-order valence-corrected chi connectivity index (χ1v) is 13.8. The van der Waals surface area contributed by atoms with Gasteiger partial charge in [0.2, 0.25) is 5.78 Å². The van der Waals surface area contributed by atoms with Crippen LogP contribution in [-0.2, 0) is 30.3 Å². The number of ketones is 2. The molecule has 0 saturated heterocycles. The number of benzene rings is 1. The Morgan fingerprint density at radius 2 is 1.84 bits per heavy atom. The van der Waals surface area contributed by atoms with Gasteiger partial charge in [-0.1, -0.05) is 24.6 Å². The number of carbonyl (C=O) groups is 3. The third-order valence-corrected chi connectivity index (χ3v) is 9.63. The lowest BCUT2D eigenvalue weighted by atomic mass is 9.54. The number of rotatable bonds is 8. The largest absolute Gasteiger partial charge is 0.451 e. The molecule has 0 bridgehead atoms. The summed E-state index contributed by atoms with van der Waals surface area (Å²) >= 11 is 0. The van der Waals surface area contributed by atoms with E-state index in [2.05, 4.69) is 24.4 Å². The molecule has 2 saturated carbocycles. The van der Waals surface area contributed by atoms with Gasteiger partial charge in [-0.05, 0) is 98.1 Å². The summed E-state index contributed by atoms with van der Waals surface area (Å²) in [7, 11) is 1.89. The Hall–Kier alpha value is -2.73. The van der Waals surface area contributed by atoms with E-state index < -0.39 is 17.0 Å². The second-order valence-corrected chi connectivity index (χ2v) is 11.4. The van der Waals surface area contributed by atoms with Crippen LogP contribution in [0.25, 0.3) is 0 Å². The van der Waals surface area contributed by atoms with E-state index in [0.717, 1.165) is 56.2 Å². The van der Waals surface area contributed by atoms with Gasteiger partial charge in [-0.25, -0.2) is 0 Å². The lowest BCUT2D eigenvalue weighted by Gasteiger charge is -2.52. The van der Waals surface area contributed by atoms with E-state index >= 15 is 0 Å². The fraction of sp³-hybridized carbons (Fsp3) is 0.581. The SMILES string of the molecule is CNc1ccc(CCOCC(=O)[C@@]2(OC(C)=O)CC[C@H]3[C@@H]4CCC5=CC(=O)CCC5=C4CC[C@@]32C)cc1. The Morgan fingerprint density at radius 3 is 2.57 bits per heavy atom. The van der Waals surface area contributed by atoms with Crippen LogP contribution in [0.4, 0.5) is 5.69 Å². The Balaban J connectivity index is 1.31. The van der Waals surface area contributed by atoms with Crippen molar-refractivity contribution in [1.29, 1.82) is 0 Å². The predicted octanol–water partition coefficient (Wildman–Crippen LogP) is 5.36. The average Bonchev–Trinajstić information content (AvgIpc) is 3.19. The van der Waals surface area contributed by atoms with Crippen LogP contribution >= 0.6 is 0 Å². The van der Waals surface area contributed by atoms with Crippen LogP contribution in [0.15, 0.2) is 47.1 Å². The Kier molecular flexibility index (Phi) is 7.14. The third-order valence-electron chi connectivity index (χ3n) is 9.63. The number of hydrogen-bond acceptors (Lipinski definition) is 6. The molecule has 0 unspecified atom stereocenters. The summed E-state index contributed by atoms with van der Waals surface area (Å²) in [6.45, 7) is 3.98. The quantitative estimate of drug-likeness (QED) is 0.378. The molecule has 6 heteroatoms. The van der Waals surface area contributed by atoms with Crippen molar-refractivity contribution >= 4 is 23.2 Å². The van der Waals surface area contributed by atoms with Crippen molar-refractivity contribution in [2.24, 2.45) is 17.3 Å². The van der Waals surface area contributed by atoms with E-state index in [9.17, 15) is 14.4 Å². The van der Waals surface area contributed by atoms with Crippen LogP contribution in [0.2, 0.25) is 0 Å². The maximum Gasteiger partial charge on any atom is 0.303 e. The molecule has 4 atom stereocenters. The number of carbonyl (C=O) groups excluding carboxylic acids is 3. The molecule has 0 spiro atoms. The zero-order chi connectivity index (χ0) is 26.2. The first-order valence-electron chi connectivity index (χ1n) is 13.8. The van der Waals surface area contributed by atoms with Gasteiger partial charge in [-0.15, -0.1) is 0 Å². The van der Waals surface area contributed by atoms with Gasteiger partial charge in [0.1, 0.15) is 6.61 Å². The van der Waals surface area contributed by atoms with Crippen molar-refractivity contribution in [2.75, 3.05) is 25.6 Å². The zero-order valence-electron chi connectivity index (χ0n) is 22.4. The van der Waals surface area contributed by atoms with Crippen molar-refractivity contribution in [3.8, 4) is 0 Å². The fourth-order valence-corrected chi connectivity index (χ4v) is 7.77. The maximum atomic E-state index is 13.8. The first kappa shape index (κ1) is 25.9. The summed E-state index contributed by atoms with van der Waals surface area (Å²) in [5, 5.41) is 3.11. The predicted molar refractivity (Wildman–Crippen MR) is 142 cm³/mol. The normalized spacial score (nSPS) is 30.7. The molecule has 0 aromatic heterocycles. The molecule has 0 heterocycles. The molecule has 4 aliphatic rings. The first-order chi connectivity index (χ1) is 17.8. The molecule has 37 heavy (non-hydrogen) atoms. The van der Waals surface area contributed by atoms with Crippen LogP contribution in [-0.4, -0.2) is 43.4 Å². The van der Waals surface area contributed by atoms with Crippen LogP contribution in [0.5, 0.6) is 0 Å². The highest BCUT2D eigenvalue weighted by molar-refractivity contribution is 5.93. The number of ether oxygens (including phenoxy) is 2. The highest BCUT2D eigenvalue weighted by Gasteiger charge is 2.66.